The normalized spacial score (nSPS) is 11.2. The van der Waals surface area contributed by atoms with Gasteiger partial charge in [-0.25, -0.2) is 0 Å². The molecule has 0 saturated heterocycles. The quantitative estimate of drug-likeness (QED) is 0.450. The molecule has 4 nitrogen and oxygen atoms in total. The van der Waals surface area contributed by atoms with Gasteiger partial charge in [0.05, 0.1) is 10.2 Å². The van der Waals surface area contributed by atoms with E-state index in [0.29, 0.717) is 0 Å². The molecule has 0 amide bonds. The van der Waals surface area contributed by atoms with Gasteiger partial charge in [-0.2, -0.15) is 5.10 Å². The van der Waals surface area contributed by atoms with Crippen LogP contribution in [-0.2, 0) is 6.54 Å². The maximum atomic E-state index is 4.56. The number of pyridine rings is 1. The third kappa shape index (κ3) is 2.62. The summed E-state index contributed by atoms with van der Waals surface area (Å²) in [4.78, 5) is 4.03. The predicted molar refractivity (Wildman–Crippen MR) is 108 cm³/mol. The van der Waals surface area contributed by atoms with Crippen LogP contribution in [0.4, 0.5) is 5.69 Å². The Bertz CT molecular complexity index is 1170. The summed E-state index contributed by atoms with van der Waals surface area (Å²) in [7, 11) is 0. The number of fused-ring (bicyclic) bond motifs is 3. The summed E-state index contributed by atoms with van der Waals surface area (Å²) < 4.78 is 2.50. The van der Waals surface area contributed by atoms with Gasteiger partial charge in [0.25, 0.3) is 0 Å². The van der Waals surface area contributed by atoms with E-state index in [1.165, 1.54) is 20.3 Å². The molecule has 5 aromatic rings. The molecule has 5 rings (SSSR count). The number of benzene rings is 2. The first-order chi connectivity index (χ1) is 12.9. The third-order valence-electron chi connectivity index (χ3n) is 4.49. The first-order valence-corrected chi connectivity index (χ1v) is 9.29. The Balaban J connectivity index is 1.43. The van der Waals surface area contributed by atoms with E-state index in [2.05, 4.69) is 69.0 Å². The summed E-state index contributed by atoms with van der Waals surface area (Å²) in [5.41, 5.74) is 5.59. The number of H-pyrrole nitrogens is 1. The van der Waals surface area contributed by atoms with Gasteiger partial charge >= 0.3 is 0 Å². The van der Waals surface area contributed by atoms with E-state index in [0.717, 1.165) is 29.0 Å². The molecular formula is C21H16N4S. The largest absolute Gasteiger partial charge is 0.381 e. The molecule has 0 aliphatic carbocycles. The number of nitrogens with zero attached hydrogens (tertiary/aromatic N) is 2. The number of rotatable bonds is 4. The predicted octanol–water partition coefficient (Wildman–Crippen LogP) is 5.45. The number of nitrogens with one attached hydrogen (secondary N) is 2. The van der Waals surface area contributed by atoms with Crippen molar-refractivity contribution in [1.82, 2.24) is 15.2 Å². The standard InChI is InChI=1S/C21H16N4S/c1-2-4-18-17(3-1)20-21(26-18)19(24-25-20)15-7-5-14(6-8-15)13-23-16-9-11-22-12-10-16/h1-12H,13H2,(H,22,23)(H,24,25). The Kier molecular flexibility index (Phi) is 3.65. The van der Waals surface area contributed by atoms with E-state index in [1.807, 2.05) is 12.1 Å². The van der Waals surface area contributed by atoms with E-state index in [4.69, 9.17) is 0 Å². The highest BCUT2D eigenvalue weighted by Crippen LogP contribution is 2.38. The topological polar surface area (TPSA) is 53.6 Å². The van der Waals surface area contributed by atoms with Crippen LogP contribution in [0.3, 0.4) is 0 Å². The molecule has 26 heavy (non-hydrogen) atoms. The van der Waals surface area contributed by atoms with E-state index in [9.17, 15) is 0 Å². The monoisotopic (exact) mass is 356 g/mol. The van der Waals surface area contributed by atoms with Crippen LogP contribution >= 0.6 is 11.3 Å². The molecule has 0 spiro atoms. The molecule has 0 aliphatic rings. The molecule has 126 valence electrons. The molecule has 0 saturated carbocycles. The van der Waals surface area contributed by atoms with Crippen LogP contribution < -0.4 is 5.32 Å². The minimum absolute atomic E-state index is 0.781. The van der Waals surface area contributed by atoms with Crippen LogP contribution in [0.1, 0.15) is 5.56 Å². The van der Waals surface area contributed by atoms with Crippen molar-refractivity contribution in [3.63, 3.8) is 0 Å². The summed E-state index contributed by atoms with van der Waals surface area (Å²) in [6.07, 6.45) is 3.58. The second-order valence-corrected chi connectivity index (χ2v) is 7.21. The minimum atomic E-state index is 0.781. The second kappa shape index (κ2) is 6.28. The number of aromatic nitrogens is 3. The molecule has 0 atom stereocenters. The van der Waals surface area contributed by atoms with Crippen LogP contribution in [0, 0.1) is 0 Å². The van der Waals surface area contributed by atoms with Crippen molar-refractivity contribution in [3.8, 4) is 11.3 Å². The second-order valence-electron chi connectivity index (χ2n) is 6.16. The van der Waals surface area contributed by atoms with Crippen molar-refractivity contribution in [1.29, 1.82) is 0 Å². The van der Waals surface area contributed by atoms with Gasteiger partial charge in [-0.05, 0) is 23.8 Å². The van der Waals surface area contributed by atoms with Gasteiger partial charge in [0.15, 0.2) is 0 Å². The highest BCUT2D eigenvalue weighted by atomic mass is 32.1. The minimum Gasteiger partial charge on any atom is -0.381 e. The zero-order chi connectivity index (χ0) is 17.3. The molecule has 0 unspecified atom stereocenters. The summed E-state index contributed by atoms with van der Waals surface area (Å²) in [6, 6.07) is 21.0. The first-order valence-electron chi connectivity index (χ1n) is 8.47. The van der Waals surface area contributed by atoms with Crippen molar-refractivity contribution in [2.24, 2.45) is 0 Å². The van der Waals surface area contributed by atoms with Crippen molar-refractivity contribution >= 4 is 37.3 Å². The highest BCUT2D eigenvalue weighted by Gasteiger charge is 2.13. The number of thiophene rings is 1. The van der Waals surface area contributed by atoms with Gasteiger partial charge in [0.2, 0.25) is 0 Å². The molecule has 0 aliphatic heterocycles. The van der Waals surface area contributed by atoms with Gasteiger partial charge in [0.1, 0.15) is 5.69 Å². The molecular weight excluding hydrogens is 340 g/mol. The SMILES string of the molecule is c1ccc2c(c1)sc1c(-c3ccc(CNc4ccncc4)cc3)n[nH]c12. The number of hydrogen-bond donors (Lipinski definition) is 2. The summed E-state index contributed by atoms with van der Waals surface area (Å²) in [5, 5.41) is 12.4. The Morgan fingerprint density at radius 3 is 2.58 bits per heavy atom. The fraction of sp³-hybridized carbons (Fsp3) is 0.0476. The van der Waals surface area contributed by atoms with Gasteiger partial charge in [0, 0.05) is 40.3 Å². The molecule has 3 aromatic heterocycles. The Morgan fingerprint density at radius 1 is 0.923 bits per heavy atom. The Hall–Kier alpha value is -3.18. The maximum Gasteiger partial charge on any atom is 0.110 e. The molecule has 5 heteroatoms. The lowest BCUT2D eigenvalue weighted by molar-refractivity contribution is 1.12. The lowest BCUT2D eigenvalue weighted by atomic mass is 10.1. The van der Waals surface area contributed by atoms with E-state index in [-0.39, 0.29) is 0 Å². The molecule has 0 radical (unpaired) electrons. The average Bonchev–Trinajstić information content (AvgIpc) is 3.27. The highest BCUT2D eigenvalue weighted by molar-refractivity contribution is 7.26. The summed E-state index contributed by atoms with van der Waals surface area (Å²) >= 11 is 1.79. The third-order valence-corrected chi connectivity index (χ3v) is 5.67. The molecule has 0 bridgehead atoms. The van der Waals surface area contributed by atoms with Gasteiger partial charge in [-0.15, -0.1) is 11.3 Å². The van der Waals surface area contributed by atoms with Crippen molar-refractivity contribution in [2.75, 3.05) is 5.32 Å². The van der Waals surface area contributed by atoms with Crippen LogP contribution in [-0.4, -0.2) is 15.2 Å². The molecule has 2 N–H and O–H groups in total. The fourth-order valence-corrected chi connectivity index (χ4v) is 4.30. The van der Waals surface area contributed by atoms with Gasteiger partial charge in [-0.3, -0.25) is 10.1 Å². The van der Waals surface area contributed by atoms with Gasteiger partial charge < -0.3 is 5.32 Å². The Labute approximate surface area is 154 Å². The smallest absolute Gasteiger partial charge is 0.110 e. The van der Waals surface area contributed by atoms with Crippen molar-refractivity contribution in [2.45, 2.75) is 6.54 Å². The number of hydrogen-bond acceptors (Lipinski definition) is 4. The zero-order valence-corrected chi connectivity index (χ0v) is 14.8. The van der Waals surface area contributed by atoms with E-state index >= 15 is 0 Å². The molecule has 0 fully saturated rings. The van der Waals surface area contributed by atoms with Crippen LogP contribution in [0.2, 0.25) is 0 Å². The van der Waals surface area contributed by atoms with Gasteiger partial charge in [-0.1, -0.05) is 42.5 Å². The van der Waals surface area contributed by atoms with Crippen molar-refractivity contribution in [3.05, 3.63) is 78.6 Å². The zero-order valence-electron chi connectivity index (χ0n) is 13.9. The fourth-order valence-electron chi connectivity index (χ4n) is 3.14. The molecule has 2 aromatic carbocycles. The van der Waals surface area contributed by atoms with Crippen LogP contribution in [0.25, 0.3) is 31.6 Å². The Morgan fingerprint density at radius 2 is 1.73 bits per heavy atom. The number of aromatic amines is 1. The van der Waals surface area contributed by atoms with Crippen molar-refractivity contribution < 1.29 is 0 Å². The number of anilines is 1. The average molecular weight is 356 g/mol. The lowest BCUT2D eigenvalue weighted by Gasteiger charge is -2.06. The van der Waals surface area contributed by atoms with Crippen LogP contribution in [0.15, 0.2) is 73.1 Å². The maximum absolute atomic E-state index is 4.56. The summed E-state index contributed by atoms with van der Waals surface area (Å²) in [6.45, 7) is 0.781. The first kappa shape index (κ1) is 15.1. The molecule has 3 heterocycles. The van der Waals surface area contributed by atoms with E-state index < -0.39 is 0 Å². The summed E-state index contributed by atoms with van der Waals surface area (Å²) in [5.74, 6) is 0. The van der Waals surface area contributed by atoms with E-state index in [1.54, 1.807) is 23.7 Å². The van der Waals surface area contributed by atoms with Crippen LogP contribution in [0.5, 0.6) is 0 Å². The lowest BCUT2D eigenvalue weighted by Crippen LogP contribution is -1.99.